The predicted molar refractivity (Wildman–Crippen MR) is 61.4 cm³/mol. The largest absolute Gasteiger partial charge is 0.374 e. The summed E-state index contributed by atoms with van der Waals surface area (Å²) >= 11 is 9.10. The molecule has 1 aromatic rings. The van der Waals surface area contributed by atoms with Crippen LogP contribution in [-0.4, -0.2) is 11.9 Å². The molecule has 0 spiro atoms. The maximum atomic E-state index is 10.8. The van der Waals surface area contributed by atoms with Crippen molar-refractivity contribution in [3.05, 3.63) is 27.7 Å². The van der Waals surface area contributed by atoms with Crippen molar-refractivity contribution in [1.82, 2.24) is 0 Å². The van der Waals surface area contributed by atoms with Gasteiger partial charge in [0, 0.05) is 10.2 Å². The molecule has 0 aromatic heterocycles. The molecular formula is C9H10BrClN2O. The van der Waals surface area contributed by atoms with Crippen LogP contribution in [-0.2, 0) is 4.79 Å². The van der Waals surface area contributed by atoms with Crippen LogP contribution in [0.15, 0.2) is 22.7 Å². The van der Waals surface area contributed by atoms with E-state index in [-0.39, 0.29) is 0 Å². The molecule has 1 amide bonds. The van der Waals surface area contributed by atoms with E-state index in [1.807, 2.05) is 0 Å². The highest BCUT2D eigenvalue weighted by molar-refractivity contribution is 9.10. The van der Waals surface area contributed by atoms with Gasteiger partial charge in [-0.15, -0.1) is 0 Å². The maximum absolute atomic E-state index is 10.8. The molecule has 3 nitrogen and oxygen atoms in total. The molecular weight excluding hydrogens is 267 g/mol. The van der Waals surface area contributed by atoms with E-state index in [2.05, 4.69) is 21.2 Å². The summed E-state index contributed by atoms with van der Waals surface area (Å²) in [4.78, 5) is 10.8. The van der Waals surface area contributed by atoms with Crippen molar-refractivity contribution in [3.8, 4) is 0 Å². The zero-order chi connectivity index (χ0) is 10.7. The summed E-state index contributed by atoms with van der Waals surface area (Å²) in [5.41, 5.74) is 5.91. The molecule has 0 aliphatic carbocycles. The summed E-state index contributed by atoms with van der Waals surface area (Å²) in [6.45, 7) is 1.70. The number of carbonyl (C=O) groups is 1. The molecule has 1 aromatic carbocycles. The molecule has 76 valence electrons. The van der Waals surface area contributed by atoms with Crippen molar-refractivity contribution in [2.24, 2.45) is 5.73 Å². The van der Waals surface area contributed by atoms with Gasteiger partial charge in [-0.2, -0.15) is 0 Å². The number of nitrogens with one attached hydrogen (secondary N) is 1. The van der Waals surface area contributed by atoms with Crippen molar-refractivity contribution in [2.75, 3.05) is 5.32 Å². The Morgan fingerprint density at radius 3 is 2.79 bits per heavy atom. The van der Waals surface area contributed by atoms with Crippen molar-refractivity contribution < 1.29 is 4.79 Å². The van der Waals surface area contributed by atoms with E-state index in [0.29, 0.717) is 5.02 Å². The fourth-order valence-corrected chi connectivity index (χ4v) is 1.40. The van der Waals surface area contributed by atoms with Gasteiger partial charge in [-0.3, -0.25) is 4.79 Å². The molecule has 1 unspecified atom stereocenters. The van der Waals surface area contributed by atoms with E-state index >= 15 is 0 Å². The Labute approximate surface area is 95.7 Å². The van der Waals surface area contributed by atoms with Crippen LogP contribution in [0.5, 0.6) is 0 Å². The van der Waals surface area contributed by atoms with E-state index in [4.69, 9.17) is 17.3 Å². The van der Waals surface area contributed by atoms with Crippen molar-refractivity contribution in [2.45, 2.75) is 13.0 Å². The third-order valence-corrected chi connectivity index (χ3v) is 2.94. The lowest BCUT2D eigenvalue weighted by Crippen LogP contribution is -2.32. The van der Waals surface area contributed by atoms with Gasteiger partial charge >= 0.3 is 0 Å². The Morgan fingerprint density at radius 1 is 1.64 bits per heavy atom. The molecule has 0 radical (unpaired) electrons. The smallest absolute Gasteiger partial charge is 0.239 e. The first-order chi connectivity index (χ1) is 6.50. The lowest BCUT2D eigenvalue weighted by molar-refractivity contribution is -0.118. The second-order valence-electron chi connectivity index (χ2n) is 2.90. The Balaban J connectivity index is 2.78. The fourth-order valence-electron chi connectivity index (χ4n) is 0.907. The van der Waals surface area contributed by atoms with E-state index in [9.17, 15) is 4.79 Å². The first-order valence-electron chi connectivity index (χ1n) is 4.01. The number of primary amides is 1. The minimum Gasteiger partial charge on any atom is -0.374 e. The van der Waals surface area contributed by atoms with Crippen LogP contribution in [0.1, 0.15) is 6.92 Å². The Kier molecular flexibility index (Phi) is 3.77. The molecule has 0 bridgehead atoms. The normalized spacial score (nSPS) is 12.2. The van der Waals surface area contributed by atoms with E-state index in [0.717, 1.165) is 10.2 Å². The third kappa shape index (κ3) is 2.89. The summed E-state index contributed by atoms with van der Waals surface area (Å²) in [5.74, 6) is -0.393. The van der Waals surface area contributed by atoms with E-state index < -0.39 is 11.9 Å². The number of carbonyl (C=O) groups excluding carboxylic acids is 1. The standard InChI is InChI=1S/C9H10BrClN2O/c1-5(9(12)14)13-6-2-3-8(11)7(10)4-6/h2-5,13H,1H3,(H2,12,14). The van der Waals surface area contributed by atoms with Crippen molar-refractivity contribution >= 4 is 39.1 Å². The van der Waals surface area contributed by atoms with Crippen LogP contribution in [0.2, 0.25) is 5.02 Å². The highest BCUT2D eigenvalue weighted by atomic mass is 79.9. The zero-order valence-electron chi connectivity index (χ0n) is 7.55. The predicted octanol–water partition coefficient (Wildman–Crippen LogP) is 2.39. The highest BCUT2D eigenvalue weighted by Crippen LogP contribution is 2.25. The topological polar surface area (TPSA) is 55.1 Å². The minimum absolute atomic E-state index is 0.393. The van der Waals surface area contributed by atoms with E-state index in [1.165, 1.54) is 0 Å². The quantitative estimate of drug-likeness (QED) is 0.891. The van der Waals surface area contributed by atoms with Crippen LogP contribution in [0.4, 0.5) is 5.69 Å². The molecule has 0 saturated carbocycles. The molecule has 3 N–H and O–H groups in total. The first-order valence-corrected chi connectivity index (χ1v) is 5.18. The van der Waals surface area contributed by atoms with Crippen LogP contribution >= 0.6 is 27.5 Å². The van der Waals surface area contributed by atoms with Crippen molar-refractivity contribution in [1.29, 1.82) is 0 Å². The minimum atomic E-state index is -0.400. The molecule has 0 fully saturated rings. The second kappa shape index (κ2) is 4.66. The molecule has 0 aliphatic heterocycles. The lowest BCUT2D eigenvalue weighted by atomic mass is 10.2. The van der Waals surface area contributed by atoms with Gasteiger partial charge < -0.3 is 11.1 Å². The highest BCUT2D eigenvalue weighted by Gasteiger charge is 2.08. The number of hydrogen-bond donors (Lipinski definition) is 2. The van der Waals surface area contributed by atoms with Gasteiger partial charge in [0.2, 0.25) is 5.91 Å². The van der Waals surface area contributed by atoms with Gasteiger partial charge in [0.1, 0.15) is 6.04 Å². The number of nitrogens with two attached hydrogens (primary N) is 1. The molecule has 0 aliphatic rings. The number of halogens is 2. The van der Waals surface area contributed by atoms with Gasteiger partial charge in [-0.1, -0.05) is 11.6 Å². The van der Waals surface area contributed by atoms with Gasteiger partial charge in [0.05, 0.1) is 5.02 Å². The van der Waals surface area contributed by atoms with Gasteiger partial charge in [-0.25, -0.2) is 0 Å². The average Bonchev–Trinajstić information content (AvgIpc) is 2.11. The van der Waals surface area contributed by atoms with Gasteiger partial charge in [-0.05, 0) is 41.1 Å². The third-order valence-electron chi connectivity index (χ3n) is 1.73. The number of benzene rings is 1. The average molecular weight is 278 g/mol. The van der Waals surface area contributed by atoms with E-state index in [1.54, 1.807) is 25.1 Å². The zero-order valence-corrected chi connectivity index (χ0v) is 9.89. The number of hydrogen-bond acceptors (Lipinski definition) is 2. The Morgan fingerprint density at radius 2 is 2.29 bits per heavy atom. The van der Waals surface area contributed by atoms with Crippen LogP contribution in [0, 0.1) is 0 Å². The SMILES string of the molecule is CC(Nc1ccc(Cl)c(Br)c1)C(N)=O. The summed E-state index contributed by atoms with van der Waals surface area (Å²) in [5, 5.41) is 3.57. The van der Waals surface area contributed by atoms with Crippen LogP contribution in [0.25, 0.3) is 0 Å². The Bertz CT molecular complexity index is 357. The molecule has 0 heterocycles. The molecule has 14 heavy (non-hydrogen) atoms. The Hall–Kier alpha value is -0.740. The fraction of sp³-hybridized carbons (Fsp3) is 0.222. The summed E-state index contributed by atoms with van der Waals surface area (Å²) in [6, 6.07) is 4.92. The van der Waals surface area contributed by atoms with Gasteiger partial charge in [0.15, 0.2) is 0 Å². The monoisotopic (exact) mass is 276 g/mol. The summed E-state index contributed by atoms with van der Waals surface area (Å²) < 4.78 is 0.779. The van der Waals surface area contributed by atoms with Crippen LogP contribution in [0.3, 0.4) is 0 Å². The summed E-state index contributed by atoms with van der Waals surface area (Å²) in [7, 11) is 0. The van der Waals surface area contributed by atoms with Gasteiger partial charge in [0.25, 0.3) is 0 Å². The second-order valence-corrected chi connectivity index (χ2v) is 4.16. The maximum Gasteiger partial charge on any atom is 0.239 e. The van der Waals surface area contributed by atoms with Crippen molar-refractivity contribution in [3.63, 3.8) is 0 Å². The molecule has 0 saturated heterocycles. The summed E-state index contributed by atoms with van der Waals surface area (Å²) in [6.07, 6.45) is 0. The van der Waals surface area contributed by atoms with Crippen LogP contribution < -0.4 is 11.1 Å². The molecule has 5 heteroatoms. The lowest BCUT2D eigenvalue weighted by Gasteiger charge is -2.11. The number of amides is 1. The number of rotatable bonds is 3. The molecule has 1 atom stereocenters. The number of anilines is 1. The molecule has 1 rings (SSSR count). The first kappa shape index (κ1) is 11.3.